The van der Waals surface area contributed by atoms with Gasteiger partial charge in [-0.2, -0.15) is 0 Å². The maximum atomic E-state index is 12.6. The summed E-state index contributed by atoms with van der Waals surface area (Å²) in [6, 6.07) is 0. The van der Waals surface area contributed by atoms with Crippen LogP contribution in [0.2, 0.25) is 0 Å². The Balaban J connectivity index is 1.48. The molecule has 4 unspecified atom stereocenters. The van der Waals surface area contributed by atoms with E-state index in [2.05, 4.69) is 28.7 Å². The lowest BCUT2D eigenvalue weighted by Gasteiger charge is -2.35. The summed E-state index contributed by atoms with van der Waals surface area (Å²) in [6.07, 6.45) is 11.3. The summed E-state index contributed by atoms with van der Waals surface area (Å²) in [6.45, 7) is 2.39. The van der Waals surface area contributed by atoms with Crippen molar-refractivity contribution in [2.24, 2.45) is 22.9 Å². The van der Waals surface area contributed by atoms with E-state index in [0.717, 1.165) is 19.3 Å². The number of allylic oxidation sites excluding steroid dienone is 4. The molecule has 0 aromatic carbocycles. The van der Waals surface area contributed by atoms with Gasteiger partial charge in [0.05, 0.1) is 18.9 Å². The molecule has 0 spiro atoms. The van der Waals surface area contributed by atoms with Gasteiger partial charge in [-0.05, 0) is 31.6 Å². The molecule has 2 aliphatic carbocycles. The Morgan fingerprint density at radius 3 is 3.00 bits per heavy atom. The summed E-state index contributed by atoms with van der Waals surface area (Å²) in [7, 11) is 0. The van der Waals surface area contributed by atoms with E-state index in [1.54, 1.807) is 6.92 Å². The Morgan fingerprint density at radius 1 is 1.33 bits per heavy atom. The topological polar surface area (TPSA) is 77.0 Å². The third kappa shape index (κ3) is 3.68. The Bertz CT molecular complexity index is 582. The lowest BCUT2D eigenvalue weighted by atomic mass is 9.70. The molecule has 1 aliphatic heterocycles. The molecule has 0 radical (unpaired) electrons. The van der Waals surface area contributed by atoms with Gasteiger partial charge < -0.3 is 14.9 Å². The molecule has 24 heavy (non-hydrogen) atoms. The SMILES string of the molecule is CCOC(=O)C1CC(CNC(=O)C2CCCC3C=CC=CC32)=NO1. The number of amides is 1. The van der Waals surface area contributed by atoms with Gasteiger partial charge in [0.15, 0.2) is 0 Å². The number of esters is 1. The van der Waals surface area contributed by atoms with Crippen molar-refractivity contribution in [2.45, 2.75) is 38.7 Å². The third-order valence-electron chi connectivity index (χ3n) is 4.90. The molecule has 3 rings (SSSR count). The van der Waals surface area contributed by atoms with E-state index >= 15 is 0 Å². The number of carbonyl (C=O) groups excluding carboxylic acids is 2. The molecule has 3 aliphatic rings. The molecule has 1 heterocycles. The number of nitrogens with one attached hydrogen (secondary N) is 1. The number of carbonyl (C=O) groups is 2. The normalized spacial score (nSPS) is 31.0. The van der Waals surface area contributed by atoms with Gasteiger partial charge in [0.1, 0.15) is 0 Å². The largest absolute Gasteiger partial charge is 0.463 e. The van der Waals surface area contributed by atoms with Crippen LogP contribution in [0.5, 0.6) is 0 Å². The number of hydrogen-bond acceptors (Lipinski definition) is 5. The summed E-state index contributed by atoms with van der Waals surface area (Å²) in [5.74, 6) is 0.426. The van der Waals surface area contributed by atoms with Crippen molar-refractivity contribution in [2.75, 3.05) is 13.2 Å². The second kappa shape index (κ2) is 7.64. The van der Waals surface area contributed by atoms with Crippen molar-refractivity contribution in [1.82, 2.24) is 5.32 Å². The van der Waals surface area contributed by atoms with Crippen LogP contribution in [0, 0.1) is 17.8 Å². The van der Waals surface area contributed by atoms with E-state index in [1.807, 2.05) is 6.08 Å². The molecule has 6 heteroatoms. The van der Waals surface area contributed by atoms with Crippen molar-refractivity contribution in [1.29, 1.82) is 0 Å². The highest BCUT2D eigenvalue weighted by molar-refractivity contribution is 5.94. The van der Waals surface area contributed by atoms with Gasteiger partial charge in [0, 0.05) is 12.3 Å². The van der Waals surface area contributed by atoms with Gasteiger partial charge in [-0.15, -0.1) is 0 Å². The fourth-order valence-corrected chi connectivity index (χ4v) is 3.68. The molecule has 1 N–H and O–H groups in total. The molecule has 0 saturated heterocycles. The van der Waals surface area contributed by atoms with Crippen LogP contribution in [0.4, 0.5) is 0 Å². The zero-order valence-corrected chi connectivity index (χ0v) is 13.9. The molecule has 1 saturated carbocycles. The lowest BCUT2D eigenvalue weighted by Crippen LogP contribution is -2.41. The van der Waals surface area contributed by atoms with Crippen LogP contribution in [0.25, 0.3) is 0 Å². The average molecular weight is 332 g/mol. The minimum atomic E-state index is -0.678. The Morgan fingerprint density at radius 2 is 2.17 bits per heavy atom. The number of nitrogens with zero attached hydrogens (tertiary/aromatic N) is 1. The number of fused-ring (bicyclic) bond motifs is 1. The van der Waals surface area contributed by atoms with E-state index < -0.39 is 12.1 Å². The van der Waals surface area contributed by atoms with Gasteiger partial charge in [0.25, 0.3) is 0 Å². The highest BCUT2D eigenvalue weighted by atomic mass is 16.7. The quantitative estimate of drug-likeness (QED) is 0.781. The van der Waals surface area contributed by atoms with Crippen LogP contribution < -0.4 is 5.32 Å². The molecule has 0 aromatic heterocycles. The fourth-order valence-electron chi connectivity index (χ4n) is 3.68. The highest BCUT2D eigenvalue weighted by Gasteiger charge is 2.36. The molecule has 1 amide bonds. The molecular weight excluding hydrogens is 308 g/mol. The Labute approximate surface area is 141 Å². The fraction of sp³-hybridized carbons (Fsp3) is 0.611. The smallest absolute Gasteiger partial charge is 0.350 e. The molecule has 1 fully saturated rings. The molecule has 4 atom stereocenters. The van der Waals surface area contributed by atoms with E-state index in [1.165, 1.54) is 0 Å². The van der Waals surface area contributed by atoms with Crippen LogP contribution in [0.15, 0.2) is 29.5 Å². The van der Waals surface area contributed by atoms with Crippen molar-refractivity contribution in [3.05, 3.63) is 24.3 Å². The maximum absolute atomic E-state index is 12.6. The zero-order chi connectivity index (χ0) is 16.9. The predicted molar refractivity (Wildman–Crippen MR) is 89.2 cm³/mol. The van der Waals surface area contributed by atoms with Crippen molar-refractivity contribution in [3.8, 4) is 0 Å². The number of hydrogen-bond donors (Lipinski definition) is 1. The van der Waals surface area contributed by atoms with Gasteiger partial charge in [-0.25, -0.2) is 4.79 Å². The van der Waals surface area contributed by atoms with Crippen LogP contribution in [0.1, 0.15) is 32.6 Å². The van der Waals surface area contributed by atoms with E-state index in [-0.39, 0.29) is 17.7 Å². The molecule has 130 valence electrons. The number of ether oxygens (including phenoxy) is 1. The van der Waals surface area contributed by atoms with Crippen LogP contribution >= 0.6 is 0 Å². The van der Waals surface area contributed by atoms with E-state index in [9.17, 15) is 9.59 Å². The average Bonchev–Trinajstić information content (AvgIpc) is 3.08. The lowest BCUT2D eigenvalue weighted by molar-refractivity contribution is -0.154. The standard InChI is InChI=1S/C18H24N2O4/c1-2-23-18(22)16-10-13(20-24-16)11-19-17(21)15-9-5-7-12-6-3-4-8-14(12)15/h3-4,6,8,12,14-16H,2,5,7,9-11H2,1H3,(H,19,21). The molecular formula is C18H24N2O4. The van der Waals surface area contributed by atoms with Crippen LogP contribution in [0.3, 0.4) is 0 Å². The van der Waals surface area contributed by atoms with Gasteiger partial charge >= 0.3 is 5.97 Å². The van der Waals surface area contributed by atoms with Gasteiger partial charge in [0.2, 0.25) is 12.0 Å². The minimum absolute atomic E-state index is 0.00808. The maximum Gasteiger partial charge on any atom is 0.350 e. The summed E-state index contributed by atoms with van der Waals surface area (Å²) >= 11 is 0. The number of oxime groups is 1. The first-order valence-electron chi connectivity index (χ1n) is 8.70. The second-order valence-electron chi connectivity index (χ2n) is 6.47. The van der Waals surface area contributed by atoms with Crippen LogP contribution in [-0.2, 0) is 19.2 Å². The highest BCUT2D eigenvalue weighted by Crippen LogP contribution is 2.38. The van der Waals surface area contributed by atoms with E-state index in [0.29, 0.717) is 31.2 Å². The summed E-state index contributed by atoms with van der Waals surface area (Å²) in [5.41, 5.74) is 0.674. The zero-order valence-electron chi connectivity index (χ0n) is 13.9. The van der Waals surface area contributed by atoms with Crippen molar-refractivity contribution >= 4 is 17.6 Å². The minimum Gasteiger partial charge on any atom is -0.463 e. The summed E-state index contributed by atoms with van der Waals surface area (Å²) in [5, 5.41) is 6.85. The first-order valence-corrected chi connectivity index (χ1v) is 8.70. The second-order valence-corrected chi connectivity index (χ2v) is 6.47. The first kappa shape index (κ1) is 16.7. The predicted octanol–water partition coefficient (Wildman–Crippen LogP) is 1.97. The molecule has 6 nitrogen and oxygen atoms in total. The first-order chi connectivity index (χ1) is 11.7. The number of rotatable bonds is 5. The third-order valence-corrected chi connectivity index (χ3v) is 4.90. The summed E-state index contributed by atoms with van der Waals surface area (Å²) < 4.78 is 4.92. The molecule has 0 bridgehead atoms. The Kier molecular flexibility index (Phi) is 5.33. The van der Waals surface area contributed by atoms with E-state index in [4.69, 9.17) is 9.57 Å². The summed E-state index contributed by atoms with van der Waals surface area (Å²) in [4.78, 5) is 29.3. The molecule has 0 aromatic rings. The van der Waals surface area contributed by atoms with Crippen LogP contribution in [-0.4, -0.2) is 36.8 Å². The monoisotopic (exact) mass is 332 g/mol. The van der Waals surface area contributed by atoms with Gasteiger partial charge in [-0.3, -0.25) is 4.79 Å². The van der Waals surface area contributed by atoms with Gasteiger partial charge in [-0.1, -0.05) is 35.9 Å². The van der Waals surface area contributed by atoms with Crippen molar-refractivity contribution in [3.63, 3.8) is 0 Å². The Hall–Kier alpha value is -2.11. The van der Waals surface area contributed by atoms with Crippen molar-refractivity contribution < 1.29 is 19.2 Å².